The molecule has 0 aromatic carbocycles. The molecule has 1 heterocycles. The molecule has 0 aliphatic carbocycles. The molecule has 1 aromatic rings. The van der Waals surface area contributed by atoms with Crippen LogP contribution < -0.4 is 0 Å². The fourth-order valence-electron chi connectivity index (χ4n) is 1.18. The lowest BCUT2D eigenvalue weighted by Crippen LogP contribution is -2.12. The lowest BCUT2D eigenvalue weighted by molar-refractivity contribution is -0.138. The molecule has 0 aliphatic rings. The standard InChI is InChI=1S/C9H4ClF5N2/c10-2-7-4(3-16)5(9(13,14)15)1-6(17-7)8(11)12/h1,8H,2H2. The van der Waals surface area contributed by atoms with Crippen LogP contribution in [0.25, 0.3) is 0 Å². The molecule has 0 amide bonds. The maximum absolute atomic E-state index is 12.5. The number of rotatable bonds is 2. The summed E-state index contributed by atoms with van der Waals surface area (Å²) in [6.07, 6.45) is -8.07. The SMILES string of the molecule is N#Cc1c(C(F)(F)F)cc(C(F)F)nc1CCl. The van der Waals surface area contributed by atoms with Gasteiger partial charge in [-0.15, -0.1) is 11.6 Å². The van der Waals surface area contributed by atoms with Crippen LogP contribution in [0.4, 0.5) is 22.0 Å². The van der Waals surface area contributed by atoms with Crippen LogP contribution in [0.3, 0.4) is 0 Å². The molecular weight excluding hydrogens is 267 g/mol. The Hall–Kier alpha value is -1.42. The van der Waals surface area contributed by atoms with E-state index in [-0.39, 0.29) is 6.07 Å². The van der Waals surface area contributed by atoms with Crippen LogP contribution in [0, 0.1) is 11.3 Å². The first-order valence-electron chi connectivity index (χ1n) is 4.16. The minimum atomic E-state index is -4.90. The second-order valence-electron chi connectivity index (χ2n) is 2.96. The van der Waals surface area contributed by atoms with Gasteiger partial charge < -0.3 is 0 Å². The smallest absolute Gasteiger partial charge is 0.249 e. The van der Waals surface area contributed by atoms with Gasteiger partial charge in [0.25, 0.3) is 6.43 Å². The number of alkyl halides is 6. The molecular formula is C9H4ClF5N2. The summed E-state index contributed by atoms with van der Waals surface area (Å²) >= 11 is 5.28. The highest BCUT2D eigenvalue weighted by Gasteiger charge is 2.36. The van der Waals surface area contributed by atoms with E-state index in [0.717, 1.165) is 0 Å². The highest BCUT2D eigenvalue weighted by molar-refractivity contribution is 6.17. The van der Waals surface area contributed by atoms with Crippen molar-refractivity contribution in [3.05, 3.63) is 28.6 Å². The molecule has 1 aromatic heterocycles. The third-order valence-corrected chi connectivity index (χ3v) is 2.13. The first kappa shape index (κ1) is 13.6. The minimum absolute atomic E-state index is 0.166. The van der Waals surface area contributed by atoms with Crippen molar-refractivity contribution in [1.29, 1.82) is 5.26 Å². The van der Waals surface area contributed by atoms with E-state index in [4.69, 9.17) is 16.9 Å². The summed E-state index contributed by atoms with van der Waals surface area (Å²) in [5, 5.41) is 8.59. The largest absolute Gasteiger partial charge is 0.417 e. The number of aromatic nitrogens is 1. The zero-order chi connectivity index (χ0) is 13.2. The first-order chi connectivity index (χ1) is 7.81. The van der Waals surface area contributed by atoms with Crippen molar-refractivity contribution < 1.29 is 22.0 Å². The molecule has 0 N–H and O–H groups in total. The number of hydrogen-bond donors (Lipinski definition) is 0. The van der Waals surface area contributed by atoms with E-state index in [1.54, 1.807) is 0 Å². The van der Waals surface area contributed by atoms with Crippen molar-refractivity contribution in [2.45, 2.75) is 18.5 Å². The quantitative estimate of drug-likeness (QED) is 0.607. The monoisotopic (exact) mass is 270 g/mol. The molecule has 1 rings (SSSR count). The topological polar surface area (TPSA) is 36.7 Å². The molecule has 0 radical (unpaired) electrons. The summed E-state index contributed by atoms with van der Waals surface area (Å²) in [5.41, 5.74) is -3.82. The second kappa shape index (κ2) is 4.84. The fraction of sp³-hybridized carbons (Fsp3) is 0.333. The van der Waals surface area contributed by atoms with E-state index in [0.29, 0.717) is 0 Å². The van der Waals surface area contributed by atoms with Gasteiger partial charge in [0.1, 0.15) is 11.8 Å². The van der Waals surface area contributed by atoms with Gasteiger partial charge >= 0.3 is 6.18 Å². The van der Waals surface area contributed by atoms with Crippen molar-refractivity contribution >= 4 is 11.6 Å². The molecule has 0 atom stereocenters. The van der Waals surface area contributed by atoms with Crippen LogP contribution in [0.1, 0.15) is 28.9 Å². The van der Waals surface area contributed by atoms with Gasteiger partial charge in [-0.2, -0.15) is 18.4 Å². The van der Waals surface area contributed by atoms with Gasteiger partial charge in [0, 0.05) is 0 Å². The Balaban J connectivity index is 3.56. The van der Waals surface area contributed by atoms with E-state index >= 15 is 0 Å². The highest BCUT2D eigenvalue weighted by Crippen LogP contribution is 2.35. The van der Waals surface area contributed by atoms with Gasteiger partial charge in [0.2, 0.25) is 0 Å². The van der Waals surface area contributed by atoms with Crippen molar-refractivity contribution in [1.82, 2.24) is 4.98 Å². The zero-order valence-corrected chi connectivity index (χ0v) is 8.78. The summed E-state index contributed by atoms with van der Waals surface area (Å²) in [6, 6.07) is 1.44. The van der Waals surface area contributed by atoms with Crippen LogP contribution in [-0.4, -0.2) is 4.98 Å². The normalized spacial score (nSPS) is 11.6. The van der Waals surface area contributed by atoms with Gasteiger partial charge in [-0.3, -0.25) is 0 Å². The Morgan fingerprint density at radius 1 is 1.41 bits per heavy atom. The van der Waals surface area contributed by atoms with Crippen molar-refractivity contribution in [2.75, 3.05) is 0 Å². The van der Waals surface area contributed by atoms with Gasteiger partial charge in [-0.05, 0) is 6.07 Å². The Morgan fingerprint density at radius 3 is 2.35 bits per heavy atom. The average molecular weight is 271 g/mol. The summed E-state index contributed by atoms with van der Waals surface area (Å²) in [6.45, 7) is 0. The Morgan fingerprint density at radius 2 is 2.00 bits per heavy atom. The third-order valence-electron chi connectivity index (χ3n) is 1.88. The maximum atomic E-state index is 12.5. The van der Waals surface area contributed by atoms with E-state index in [1.807, 2.05) is 0 Å². The first-order valence-corrected chi connectivity index (χ1v) is 4.70. The maximum Gasteiger partial charge on any atom is 0.417 e. The lowest BCUT2D eigenvalue weighted by Gasteiger charge is -2.12. The van der Waals surface area contributed by atoms with E-state index in [9.17, 15) is 22.0 Å². The lowest BCUT2D eigenvalue weighted by atomic mass is 10.1. The average Bonchev–Trinajstić information content (AvgIpc) is 2.25. The summed E-state index contributed by atoms with van der Waals surface area (Å²) < 4.78 is 62.2. The summed E-state index contributed by atoms with van der Waals surface area (Å²) in [5.74, 6) is -0.549. The molecule has 17 heavy (non-hydrogen) atoms. The summed E-state index contributed by atoms with van der Waals surface area (Å²) in [7, 11) is 0. The summed E-state index contributed by atoms with van der Waals surface area (Å²) in [4.78, 5) is 3.23. The molecule has 8 heteroatoms. The zero-order valence-electron chi connectivity index (χ0n) is 8.02. The van der Waals surface area contributed by atoms with Gasteiger partial charge in [0.05, 0.1) is 22.7 Å². The molecule has 92 valence electrons. The number of nitrogens with zero attached hydrogens (tertiary/aromatic N) is 2. The van der Waals surface area contributed by atoms with Gasteiger partial charge in [-0.1, -0.05) is 0 Å². The van der Waals surface area contributed by atoms with Crippen molar-refractivity contribution in [3.8, 4) is 6.07 Å². The fourth-order valence-corrected chi connectivity index (χ4v) is 1.37. The number of pyridine rings is 1. The Bertz CT molecular complexity index is 464. The molecule has 0 fully saturated rings. The van der Waals surface area contributed by atoms with Crippen molar-refractivity contribution in [3.63, 3.8) is 0 Å². The van der Waals surface area contributed by atoms with Gasteiger partial charge in [-0.25, -0.2) is 13.8 Å². The molecule has 0 aliphatic heterocycles. The third kappa shape index (κ3) is 2.82. The van der Waals surface area contributed by atoms with Crippen LogP contribution in [0.5, 0.6) is 0 Å². The number of nitriles is 1. The molecule has 0 saturated heterocycles. The van der Waals surface area contributed by atoms with Gasteiger partial charge in [0.15, 0.2) is 0 Å². The van der Waals surface area contributed by atoms with Crippen LogP contribution in [0.2, 0.25) is 0 Å². The predicted molar refractivity (Wildman–Crippen MR) is 48.5 cm³/mol. The number of hydrogen-bond acceptors (Lipinski definition) is 2. The minimum Gasteiger partial charge on any atom is -0.249 e. The van der Waals surface area contributed by atoms with E-state index in [2.05, 4.69) is 4.98 Å². The highest BCUT2D eigenvalue weighted by atomic mass is 35.5. The van der Waals surface area contributed by atoms with Crippen LogP contribution in [0.15, 0.2) is 6.07 Å². The molecule has 0 spiro atoms. The van der Waals surface area contributed by atoms with E-state index in [1.165, 1.54) is 6.07 Å². The van der Waals surface area contributed by atoms with Crippen LogP contribution >= 0.6 is 11.6 Å². The van der Waals surface area contributed by atoms with E-state index < -0.39 is 41.0 Å². The predicted octanol–water partition coefficient (Wildman–Crippen LogP) is 3.65. The molecule has 2 nitrogen and oxygen atoms in total. The molecule has 0 bridgehead atoms. The Kier molecular flexibility index (Phi) is 3.88. The van der Waals surface area contributed by atoms with Crippen molar-refractivity contribution in [2.24, 2.45) is 0 Å². The molecule has 0 saturated carbocycles. The second-order valence-corrected chi connectivity index (χ2v) is 3.23. The number of halogens is 6. The van der Waals surface area contributed by atoms with Crippen LogP contribution in [-0.2, 0) is 12.1 Å². The Labute approximate surface area is 97.6 Å². The molecule has 0 unspecified atom stereocenters.